The summed E-state index contributed by atoms with van der Waals surface area (Å²) in [7, 11) is 0. The molecule has 0 fully saturated rings. The summed E-state index contributed by atoms with van der Waals surface area (Å²) in [6.45, 7) is 0. The highest BCUT2D eigenvalue weighted by molar-refractivity contribution is 6.00. The van der Waals surface area contributed by atoms with Crippen LogP contribution in [0.5, 0.6) is 0 Å². The minimum absolute atomic E-state index is 0.785. The maximum Gasteiger partial charge on any atom is 0.0970 e. The van der Waals surface area contributed by atoms with E-state index in [9.17, 15) is 0 Å². The highest BCUT2D eigenvalue weighted by Gasteiger charge is 2.23. The predicted octanol–water partition coefficient (Wildman–Crippen LogP) is 14.3. The fraction of sp³-hybridized carbons (Fsp3) is 0. The van der Waals surface area contributed by atoms with Crippen molar-refractivity contribution in [1.82, 2.24) is 19.9 Å². The van der Waals surface area contributed by atoms with Crippen LogP contribution < -0.4 is 0 Å². The lowest BCUT2D eigenvalue weighted by Crippen LogP contribution is -1.98. The van der Waals surface area contributed by atoms with E-state index in [4.69, 9.17) is 19.9 Å². The second-order valence-electron chi connectivity index (χ2n) is 14.5. The largest absolute Gasteiger partial charge is 0.256 e. The summed E-state index contributed by atoms with van der Waals surface area (Å²) in [6, 6.07) is 71.8. The van der Waals surface area contributed by atoms with Gasteiger partial charge in [0, 0.05) is 58.2 Å². The molecular formula is C56H38N4. The normalized spacial score (nSPS) is 11.0. The van der Waals surface area contributed by atoms with Crippen molar-refractivity contribution in [2.45, 2.75) is 0 Å². The highest BCUT2D eigenvalue weighted by Crippen LogP contribution is 2.45. The monoisotopic (exact) mass is 766 g/mol. The fourth-order valence-electron chi connectivity index (χ4n) is 8.32. The van der Waals surface area contributed by atoms with Crippen molar-refractivity contribution in [3.8, 4) is 101 Å². The second kappa shape index (κ2) is 16.4. The van der Waals surface area contributed by atoms with Crippen molar-refractivity contribution in [3.05, 3.63) is 231 Å². The van der Waals surface area contributed by atoms with Crippen LogP contribution in [0.3, 0.4) is 0 Å². The van der Waals surface area contributed by atoms with Crippen LogP contribution in [0.25, 0.3) is 101 Å². The topological polar surface area (TPSA) is 51.6 Å². The number of aromatic nitrogens is 4. The van der Waals surface area contributed by atoms with Crippen LogP contribution in [0.2, 0.25) is 0 Å². The Labute approximate surface area is 350 Å². The van der Waals surface area contributed by atoms with Crippen molar-refractivity contribution >= 4 is 0 Å². The lowest BCUT2D eigenvalue weighted by molar-refractivity contribution is 1.25. The Balaban J connectivity index is 1.12. The fourth-order valence-corrected chi connectivity index (χ4v) is 8.32. The molecule has 0 saturated heterocycles. The third-order valence-electron chi connectivity index (χ3n) is 11.0. The Morgan fingerprint density at radius 2 is 0.400 bits per heavy atom. The Morgan fingerprint density at radius 3 is 0.750 bits per heavy atom. The average molecular weight is 767 g/mol. The van der Waals surface area contributed by atoms with Crippen LogP contribution >= 0.6 is 0 Å². The van der Waals surface area contributed by atoms with Gasteiger partial charge in [-0.25, -0.2) is 0 Å². The summed E-state index contributed by atoms with van der Waals surface area (Å²) < 4.78 is 0. The van der Waals surface area contributed by atoms with Crippen LogP contribution in [0.1, 0.15) is 0 Å². The van der Waals surface area contributed by atoms with Crippen molar-refractivity contribution in [1.29, 1.82) is 0 Å². The molecule has 4 heterocycles. The van der Waals surface area contributed by atoms with E-state index < -0.39 is 0 Å². The summed E-state index contributed by atoms with van der Waals surface area (Å²) in [5, 5.41) is 0. The maximum absolute atomic E-state index is 5.09. The number of hydrogen-bond donors (Lipinski definition) is 0. The first kappa shape index (κ1) is 36.3. The third-order valence-corrected chi connectivity index (χ3v) is 11.0. The van der Waals surface area contributed by atoms with Gasteiger partial charge in [-0.3, -0.25) is 19.9 Å². The SMILES string of the molecule is c1ccc(-c2ccccc2-c2cccnc2-c2ccccc2-c2cccnc2-c2ncccc2-c2ccccc2-c2ncccc2-c2ccccc2-c2ccccc2)cc1. The first-order valence-electron chi connectivity index (χ1n) is 20.1. The summed E-state index contributed by atoms with van der Waals surface area (Å²) in [5.41, 5.74) is 18.4. The maximum atomic E-state index is 5.09. The number of rotatable bonds is 9. The van der Waals surface area contributed by atoms with Crippen LogP contribution in [0.4, 0.5) is 0 Å². The molecule has 0 saturated carbocycles. The van der Waals surface area contributed by atoms with Crippen LogP contribution in [-0.2, 0) is 0 Å². The van der Waals surface area contributed by atoms with E-state index >= 15 is 0 Å². The summed E-state index contributed by atoms with van der Waals surface area (Å²) in [5.74, 6) is 0. The smallest absolute Gasteiger partial charge is 0.0970 e. The van der Waals surface area contributed by atoms with Gasteiger partial charge in [-0.05, 0) is 68.8 Å². The van der Waals surface area contributed by atoms with Crippen molar-refractivity contribution in [2.24, 2.45) is 0 Å². The number of nitrogens with zero attached hydrogens (tertiary/aromatic N) is 4. The molecule has 282 valence electrons. The molecule has 0 N–H and O–H groups in total. The van der Waals surface area contributed by atoms with Gasteiger partial charge >= 0.3 is 0 Å². The second-order valence-corrected chi connectivity index (χ2v) is 14.5. The molecule has 0 amide bonds. The minimum Gasteiger partial charge on any atom is -0.256 e. The number of pyridine rings is 4. The van der Waals surface area contributed by atoms with Crippen molar-refractivity contribution in [3.63, 3.8) is 0 Å². The molecule has 0 aliphatic carbocycles. The van der Waals surface area contributed by atoms with Gasteiger partial charge in [0.2, 0.25) is 0 Å². The zero-order valence-electron chi connectivity index (χ0n) is 32.7. The molecule has 6 aromatic carbocycles. The van der Waals surface area contributed by atoms with Crippen molar-refractivity contribution in [2.75, 3.05) is 0 Å². The van der Waals surface area contributed by atoms with E-state index in [2.05, 4.69) is 182 Å². The van der Waals surface area contributed by atoms with E-state index in [0.29, 0.717) is 0 Å². The Morgan fingerprint density at radius 1 is 0.167 bits per heavy atom. The lowest BCUT2D eigenvalue weighted by atomic mass is 9.87. The first-order chi connectivity index (χ1) is 29.8. The molecule has 0 atom stereocenters. The lowest BCUT2D eigenvalue weighted by Gasteiger charge is -2.19. The summed E-state index contributed by atoms with van der Waals surface area (Å²) >= 11 is 0. The number of benzene rings is 6. The van der Waals surface area contributed by atoms with Crippen LogP contribution in [-0.4, -0.2) is 19.9 Å². The molecule has 0 unspecified atom stereocenters. The standard InChI is InChI=1S/C56H38N4/c1-3-19-39(20-4-1)41-23-7-9-25-43(41)49-31-15-35-57-53(49)47-29-13-11-27-45(47)51-33-17-37-59-55(51)56-52(34-18-38-60-56)46-28-12-14-30-48(46)54-50(32-16-36-58-54)44-26-10-8-24-42(44)40-21-5-2-6-22-40/h1-38H. The highest BCUT2D eigenvalue weighted by atomic mass is 14.8. The molecule has 4 nitrogen and oxygen atoms in total. The van der Waals surface area contributed by atoms with Crippen LogP contribution in [0.15, 0.2) is 231 Å². The predicted molar refractivity (Wildman–Crippen MR) is 247 cm³/mol. The first-order valence-corrected chi connectivity index (χ1v) is 20.1. The Kier molecular flexibility index (Phi) is 9.92. The van der Waals surface area contributed by atoms with Gasteiger partial charge in [-0.15, -0.1) is 0 Å². The molecule has 0 bridgehead atoms. The molecule has 0 aliphatic rings. The minimum atomic E-state index is 0.785. The molecule has 4 heteroatoms. The van der Waals surface area contributed by atoms with Crippen molar-refractivity contribution < 1.29 is 0 Å². The third kappa shape index (κ3) is 6.86. The van der Waals surface area contributed by atoms with E-state index in [-0.39, 0.29) is 0 Å². The van der Waals surface area contributed by atoms with Gasteiger partial charge in [0.05, 0.1) is 22.8 Å². The average Bonchev–Trinajstić information content (AvgIpc) is 3.34. The Bertz CT molecular complexity index is 2890. The molecule has 10 aromatic rings. The molecule has 10 rings (SSSR count). The van der Waals surface area contributed by atoms with E-state index in [1.54, 1.807) is 0 Å². The van der Waals surface area contributed by atoms with E-state index in [1.807, 2.05) is 49.1 Å². The molecule has 0 spiro atoms. The van der Waals surface area contributed by atoms with Gasteiger partial charge in [0.15, 0.2) is 0 Å². The van der Waals surface area contributed by atoms with Gasteiger partial charge in [0.1, 0.15) is 0 Å². The van der Waals surface area contributed by atoms with E-state index in [1.165, 1.54) is 0 Å². The van der Waals surface area contributed by atoms with Crippen LogP contribution in [0, 0.1) is 0 Å². The Hall–Kier alpha value is -8.08. The van der Waals surface area contributed by atoms with Gasteiger partial charge in [0.25, 0.3) is 0 Å². The summed E-state index contributed by atoms with van der Waals surface area (Å²) in [6.07, 6.45) is 7.46. The molecule has 4 aromatic heterocycles. The molecule has 0 aliphatic heterocycles. The molecular weight excluding hydrogens is 729 g/mol. The summed E-state index contributed by atoms with van der Waals surface area (Å²) in [4.78, 5) is 20.3. The quantitative estimate of drug-likeness (QED) is 0.147. The number of hydrogen-bond acceptors (Lipinski definition) is 4. The molecule has 60 heavy (non-hydrogen) atoms. The van der Waals surface area contributed by atoms with Gasteiger partial charge in [-0.2, -0.15) is 0 Å². The molecule has 0 radical (unpaired) electrons. The van der Waals surface area contributed by atoms with Gasteiger partial charge < -0.3 is 0 Å². The zero-order chi connectivity index (χ0) is 40.1. The van der Waals surface area contributed by atoms with E-state index in [0.717, 1.165) is 101 Å². The zero-order valence-corrected chi connectivity index (χ0v) is 32.7. The van der Waals surface area contributed by atoms with Gasteiger partial charge in [-0.1, -0.05) is 182 Å².